The Labute approximate surface area is 241 Å². The van der Waals surface area contributed by atoms with Crippen molar-refractivity contribution in [1.29, 1.82) is 0 Å². The Bertz CT molecular complexity index is 1840. The number of alkyl carbamates (subject to hydrolysis) is 1. The van der Waals surface area contributed by atoms with Crippen molar-refractivity contribution in [3.8, 4) is 16.9 Å². The number of rotatable bonds is 7. The van der Waals surface area contributed by atoms with Crippen molar-refractivity contribution in [2.75, 3.05) is 13.2 Å². The molecule has 218 valence electrons. The minimum absolute atomic E-state index is 0.103. The number of ether oxygens (including phenoxy) is 2. The van der Waals surface area contributed by atoms with Gasteiger partial charge in [0, 0.05) is 17.6 Å². The molecule has 0 bridgehead atoms. The molecule has 43 heavy (non-hydrogen) atoms. The number of nitrogens with zero attached hydrogens (tertiary/aromatic N) is 1. The molecule has 6 nitrogen and oxygen atoms in total. The molecule has 2 aliphatic rings. The third-order valence-electron chi connectivity index (χ3n) is 7.47. The van der Waals surface area contributed by atoms with Crippen LogP contribution in [-0.4, -0.2) is 31.3 Å². The Morgan fingerprint density at radius 2 is 1.35 bits per heavy atom. The van der Waals surface area contributed by atoms with Crippen LogP contribution in [0.5, 0.6) is 5.75 Å². The van der Waals surface area contributed by atoms with Crippen LogP contribution < -0.4 is 20.6 Å². The lowest BCUT2D eigenvalue weighted by atomic mass is 9.98. The van der Waals surface area contributed by atoms with Crippen molar-refractivity contribution in [3.63, 3.8) is 0 Å². The van der Waals surface area contributed by atoms with Gasteiger partial charge in [0.1, 0.15) is 12.6 Å². The summed E-state index contributed by atoms with van der Waals surface area (Å²) in [6.07, 6.45) is -1.29. The summed E-state index contributed by atoms with van der Waals surface area (Å²) in [5.74, 6) is -15.1. The molecule has 1 aliphatic carbocycles. The van der Waals surface area contributed by atoms with E-state index in [1.54, 1.807) is 24.3 Å². The zero-order valence-electron chi connectivity index (χ0n) is 22.2. The summed E-state index contributed by atoms with van der Waals surface area (Å²) in [7, 11) is 0. The number of halogens is 5. The van der Waals surface area contributed by atoms with Gasteiger partial charge in [0.25, 0.3) is 0 Å². The Hall–Kier alpha value is -5.06. The Kier molecular flexibility index (Phi) is 7.39. The number of carbonyl (C=O) groups excluding carboxylic acids is 2. The lowest BCUT2D eigenvalue weighted by molar-refractivity contribution is -0.137. The van der Waals surface area contributed by atoms with Crippen molar-refractivity contribution in [1.82, 2.24) is 5.32 Å². The first-order valence-corrected chi connectivity index (χ1v) is 13.2. The average molecular weight is 593 g/mol. The monoisotopic (exact) mass is 592 g/mol. The predicted molar refractivity (Wildman–Crippen MR) is 144 cm³/mol. The summed E-state index contributed by atoms with van der Waals surface area (Å²) in [6, 6.07) is 20.6. The van der Waals surface area contributed by atoms with Gasteiger partial charge in [-0.25, -0.2) is 22.8 Å². The first kappa shape index (κ1) is 28.1. The molecule has 1 aliphatic heterocycles. The van der Waals surface area contributed by atoms with Crippen LogP contribution in [-0.2, 0) is 9.53 Å². The van der Waals surface area contributed by atoms with E-state index in [1.807, 2.05) is 48.5 Å². The smallest absolute Gasteiger partial charge is 0.407 e. The molecule has 1 amide bonds. The second-order valence-electron chi connectivity index (χ2n) is 9.98. The van der Waals surface area contributed by atoms with Gasteiger partial charge >= 0.3 is 12.1 Å². The van der Waals surface area contributed by atoms with Gasteiger partial charge in [0.15, 0.2) is 0 Å². The molecule has 0 fully saturated rings. The minimum Gasteiger partial charge on any atom is -0.449 e. The van der Waals surface area contributed by atoms with E-state index in [2.05, 4.69) is 15.0 Å². The topological polar surface area (TPSA) is 77.0 Å². The first-order valence-electron chi connectivity index (χ1n) is 13.2. The molecule has 1 atom stereocenters. The van der Waals surface area contributed by atoms with Gasteiger partial charge in [-0.2, -0.15) is 8.78 Å². The van der Waals surface area contributed by atoms with E-state index in [9.17, 15) is 31.5 Å². The van der Waals surface area contributed by atoms with Gasteiger partial charge in [-0.05, 0) is 33.9 Å². The molecule has 0 saturated heterocycles. The summed E-state index contributed by atoms with van der Waals surface area (Å²) >= 11 is 0. The largest absolute Gasteiger partial charge is 0.449 e. The molecule has 11 heteroatoms. The third kappa shape index (κ3) is 5.11. The number of nitrogens with one attached hydrogen (secondary N) is 1. The first-order chi connectivity index (χ1) is 20.7. The van der Waals surface area contributed by atoms with Crippen molar-refractivity contribution < 1.29 is 41.0 Å². The fourth-order valence-corrected chi connectivity index (χ4v) is 5.42. The zero-order chi connectivity index (χ0) is 30.2. The molecule has 1 heterocycles. The highest BCUT2D eigenvalue weighted by Gasteiger charge is 2.33. The maximum atomic E-state index is 14.3. The quantitative estimate of drug-likeness (QED) is 0.107. The maximum Gasteiger partial charge on any atom is 0.407 e. The molecular formula is C32H21F5N2O4. The van der Waals surface area contributed by atoms with E-state index in [0.717, 1.165) is 22.3 Å². The Morgan fingerprint density at radius 1 is 0.791 bits per heavy atom. The average Bonchev–Trinajstić information content (AvgIpc) is 3.58. The zero-order valence-corrected chi connectivity index (χ0v) is 22.2. The number of hydrogen-bond donors (Lipinski definition) is 1. The van der Waals surface area contributed by atoms with Crippen molar-refractivity contribution in [2.45, 2.75) is 18.4 Å². The van der Waals surface area contributed by atoms with E-state index in [-0.39, 0.29) is 25.5 Å². The van der Waals surface area contributed by atoms with Gasteiger partial charge in [-0.15, -0.1) is 0 Å². The van der Waals surface area contributed by atoms with Gasteiger partial charge in [0.05, 0.1) is 11.9 Å². The third-order valence-corrected chi connectivity index (χ3v) is 7.47. The summed E-state index contributed by atoms with van der Waals surface area (Å²) in [5, 5.41) is 3.64. The minimum atomic E-state index is -2.40. The molecular weight excluding hydrogens is 571 g/mol. The van der Waals surface area contributed by atoms with Gasteiger partial charge < -0.3 is 14.8 Å². The number of esters is 1. The highest BCUT2D eigenvalue weighted by atomic mass is 19.2. The maximum absolute atomic E-state index is 14.3. The summed E-state index contributed by atoms with van der Waals surface area (Å²) in [4.78, 5) is 30.5. The van der Waals surface area contributed by atoms with E-state index >= 15 is 0 Å². The van der Waals surface area contributed by atoms with Crippen LogP contribution in [0.1, 0.15) is 23.5 Å². The molecule has 6 rings (SSSR count). The normalized spacial score (nSPS) is 13.9. The fraction of sp³-hybridized carbons (Fsp3) is 0.156. The number of fused-ring (bicyclic) bond motifs is 4. The summed E-state index contributed by atoms with van der Waals surface area (Å²) in [5.41, 5.74) is 4.46. The van der Waals surface area contributed by atoms with Gasteiger partial charge in [-0.3, -0.25) is 4.99 Å². The SMILES string of the molecule is O=C(N[C@@H](CC1=c2ccccc2=NC1)C(=O)Oc1c(F)c(F)c(F)c(F)c1F)OCC1c2ccccc2-c2ccccc21. The fourth-order valence-electron chi connectivity index (χ4n) is 5.42. The molecule has 0 spiro atoms. The van der Waals surface area contributed by atoms with E-state index in [4.69, 9.17) is 4.74 Å². The van der Waals surface area contributed by atoms with Crippen molar-refractivity contribution in [3.05, 3.63) is 124 Å². The molecule has 0 aromatic heterocycles. The summed E-state index contributed by atoms with van der Waals surface area (Å²) in [6.45, 7) is 0.0476. The van der Waals surface area contributed by atoms with Crippen molar-refractivity contribution >= 4 is 17.6 Å². The van der Waals surface area contributed by atoms with Gasteiger partial charge in [0.2, 0.25) is 34.8 Å². The lowest BCUT2D eigenvalue weighted by Crippen LogP contribution is -2.44. The number of benzene rings is 4. The molecule has 4 aromatic rings. The Morgan fingerprint density at radius 3 is 2.00 bits per heavy atom. The molecule has 0 unspecified atom stereocenters. The molecule has 0 radical (unpaired) electrons. The lowest BCUT2D eigenvalue weighted by Gasteiger charge is -2.20. The molecule has 4 aromatic carbocycles. The van der Waals surface area contributed by atoms with Crippen LogP contribution >= 0.6 is 0 Å². The van der Waals surface area contributed by atoms with E-state index in [0.29, 0.717) is 16.1 Å². The summed E-state index contributed by atoms with van der Waals surface area (Å²) < 4.78 is 79.8. The molecule has 0 saturated carbocycles. The van der Waals surface area contributed by atoms with E-state index < -0.39 is 52.9 Å². The van der Waals surface area contributed by atoms with Crippen LogP contribution in [0.4, 0.5) is 26.7 Å². The number of amides is 1. The van der Waals surface area contributed by atoms with E-state index in [1.165, 1.54) is 0 Å². The van der Waals surface area contributed by atoms with Crippen LogP contribution in [0.2, 0.25) is 0 Å². The number of hydrogen-bond acceptors (Lipinski definition) is 5. The molecule has 1 N–H and O–H groups in total. The second kappa shape index (κ2) is 11.3. The van der Waals surface area contributed by atoms with Crippen molar-refractivity contribution in [2.24, 2.45) is 4.99 Å². The predicted octanol–water partition coefficient (Wildman–Crippen LogP) is 5.07. The highest BCUT2D eigenvalue weighted by molar-refractivity contribution is 5.85. The highest BCUT2D eigenvalue weighted by Crippen LogP contribution is 2.44. The standard InChI is InChI=1S/C32H21F5N2O4/c33-25-26(34)28(36)30(29(37)27(25)35)43-31(40)24(13-16-14-38-23-12-6-5-7-17(16)23)39-32(41)42-15-22-20-10-3-1-8-18(20)19-9-2-4-11-21(19)22/h1-12,22,24H,13-15H2,(H,39,41)/t24-/m0/s1. The Balaban J connectivity index is 1.25. The van der Waals surface area contributed by atoms with Crippen LogP contribution in [0, 0.1) is 29.1 Å². The van der Waals surface area contributed by atoms with Crippen LogP contribution in [0.3, 0.4) is 0 Å². The second-order valence-corrected chi connectivity index (χ2v) is 9.98. The number of carbonyl (C=O) groups is 2. The number of para-hydroxylation sites is 1. The van der Waals surface area contributed by atoms with Crippen LogP contribution in [0.15, 0.2) is 77.8 Å². The van der Waals surface area contributed by atoms with Gasteiger partial charge in [-0.1, -0.05) is 66.7 Å². The van der Waals surface area contributed by atoms with Crippen LogP contribution in [0.25, 0.3) is 16.7 Å².